The maximum absolute atomic E-state index is 12.2. The van der Waals surface area contributed by atoms with Crippen LogP contribution in [0.1, 0.15) is 24.8 Å². The predicted octanol–water partition coefficient (Wildman–Crippen LogP) is 2.56. The summed E-state index contributed by atoms with van der Waals surface area (Å²) < 4.78 is 47.3. The third-order valence-electron chi connectivity index (χ3n) is 4.36. The van der Waals surface area contributed by atoms with Gasteiger partial charge in [0.1, 0.15) is 0 Å². The van der Waals surface area contributed by atoms with E-state index >= 15 is 0 Å². The van der Waals surface area contributed by atoms with Crippen molar-refractivity contribution in [2.75, 3.05) is 26.9 Å². The SMILES string of the molecule is CN=C(NCCC(F)(F)F)NCC1(c2ccc3c(c2)OCO3)CC1. The van der Waals surface area contributed by atoms with E-state index in [2.05, 4.69) is 15.6 Å². The first-order valence-corrected chi connectivity index (χ1v) is 7.83. The van der Waals surface area contributed by atoms with Gasteiger partial charge in [-0.1, -0.05) is 6.07 Å². The van der Waals surface area contributed by atoms with Crippen molar-refractivity contribution in [1.82, 2.24) is 10.6 Å². The average molecular weight is 343 g/mol. The summed E-state index contributed by atoms with van der Waals surface area (Å²) in [4.78, 5) is 3.97. The first-order chi connectivity index (χ1) is 11.4. The Morgan fingerprint density at radius 2 is 1.96 bits per heavy atom. The molecule has 1 aromatic carbocycles. The molecule has 0 atom stereocenters. The molecule has 2 aliphatic rings. The Bertz CT molecular complexity index is 627. The highest BCUT2D eigenvalue weighted by Gasteiger charge is 2.44. The molecule has 0 aromatic heterocycles. The second-order valence-corrected chi connectivity index (χ2v) is 6.07. The molecule has 1 heterocycles. The Hall–Kier alpha value is -2.12. The maximum atomic E-state index is 12.2. The molecule has 132 valence electrons. The molecule has 8 heteroatoms. The predicted molar refractivity (Wildman–Crippen MR) is 83.5 cm³/mol. The number of nitrogens with one attached hydrogen (secondary N) is 2. The van der Waals surface area contributed by atoms with Crippen LogP contribution in [0.25, 0.3) is 0 Å². The number of alkyl halides is 3. The van der Waals surface area contributed by atoms with Gasteiger partial charge in [-0.25, -0.2) is 0 Å². The van der Waals surface area contributed by atoms with Crippen LogP contribution in [0.4, 0.5) is 13.2 Å². The number of benzene rings is 1. The molecule has 0 unspecified atom stereocenters. The van der Waals surface area contributed by atoms with Crippen molar-refractivity contribution in [3.63, 3.8) is 0 Å². The van der Waals surface area contributed by atoms with Gasteiger partial charge in [0.2, 0.25) is 6.79 Å². The normalized spacial score (nSPS) is 18.4. The summed E-state index contributed by atoms with van der Waals surface area (Å²) in [6, 6.07) is 5.90. The fourth-order valence-electron chi connectivity index (χ4n) is 2.74. The Balaban J connectivity index is 1.55. The third kappa shape index (κ3) is 3.85. The summed E-state index contributed by atoms with van der Waals surface area (Å²) in [6.45, 7) is 0.651. The number of aliphatic imine (C=N–C) groups is 1. The lowest BCUT2D eigenvalue weighted by atomic mass is 9.95. The highest BCUT2D eigenvalue weighted by Crippen LogP contribution is 2.49. The van der Waals surface area contributed by atoms with Crippen LogP contribution in [0.3, 0.4) is 0 Å². The molecular weight excluding hydrogens is 323 g/mol. The fraction of sp³-hybridized carbons (Fsp3) is 0.562. The van der Waals surface area contributed by atoms with Crippen LogP contribution in [0.5, 0.6) is 11.5 Å². The van der Waals surface area contributed by atoms with E-state index in [9.17, 15) is 13.2 Å². The number of hydrogen-bond acceptors (Lipinski definition) is 3. The first-order valence-electron chi connectivity index (χ1n) is 7.83. The number of ether oxygens (including phenoxy) is 2. The van der Waals surface area contributed by atoms with Crippen molar-refractivity contribution >= 4 is 5.96 Å². The summed E-state index contributed by atoms with van der Waals surface area (Å²) in [5.41, 5.74) is 1.12. The average Bonchev–Trinajstić information content (AvgIpc) is 3.18. The van der Waals surface area contributed by atoms with E-state index < -0.39 is 12.6 Å². The van der Waals surface area contributed by atoms with Gasteiger partial charge in [0.25, 0.3) is 0 Å². The lowest BCUT2D eigenvalue weighted by molar-refractivity contribution is -0.132. The van der Waals surface area contributed by atoms with Crippen LogP contribution in [0, 0.1) is 0 Å². The van der Waals surface area contributed by atoms with Gasteiger partial charge in [-0.05, 0) is 30.5 Å². The van der Waals surface area contributed by atoms with Crippen molar-refractivity contribution < 1.29 is 22.6 Å². The summed E-state index contributed by atoms with van der Waals surface area (Å²) >= 11 is 0. The number of nitrogens with zero attached hydrogens (tertiary/aromatic N) is 1. The van der Waals surface area contributed by atoms with Crippen LogP contribution >= 0.6 is 0 Å². The standard InChI is InChI=1S/C16H20F3N3O2/c1-20-14(21-7-6-16(17,18)19)22-9-15(4-5-15)11-2-3-12-13(8-11)24-10-23-12/h2-3,8H,4-7,9-10H2,1H3,(H2,20,21,22). The molecule has 24 heavy (non-hydrogen) atoms. The van der Waals surface area contributed by atoms with Crippen LogP contribution < -0.4 is 20.1 Å². The molecule has 1 aromatic rings. The highest BCUT2D eigenvalue weighted by molar-refractivity contribution is 5.79. The zero-order chi connectivity index (χ0) is 17.2. The van der Waals surface area contributed by atoms with Crippen LogP contribution in [-0.2, 0) is 5.41 Å². The second kappa shape index (κ2) is 6.41. The minimum atomic E-state index is -4.17. The molecular formula is C16H20F3N3O2. The molecule has 5 nitrogen and oxygen atoms in total. The number of guanidine groups is 1. The van der Waals surface area contributed by atoms with Crippen molar-refractivity contribution in [1.29, 1.82) is 0 Å². The van der Waals surface area contributed by atoms with Gasteiger partial charge in [-0.3, -0.25) is 4.99 Å². The van der Waals surface area contributed by atoms with Gasteiger partial charge < -0.3 is 20.1 Å². The van der Waals surface area contributed by atoms with E-state index in [-0.39, 0.29) is 18.8 Å². The zero-order valence-corrected chi connectivity index (χ0v) is 13.4. The van der Waals surface area contributed by atoms with Crippen molar-refractivity contribution in [3.05, 3.63) is 23.8 Å². The van der Waals surface area contributed by atoms with Crippen LogP contribution in [-0.4, -0.2) is 39.1 Å². The van der Waals surface area contributed by atoms with E-state index in [4.69, 9.17) is 9.47 Å². The molecule has 0 radical (unpaired) electrons. The largest absolute Gasteiger partial charge is 0.454 e. The first kappa shape index (κ1) is 16.7. The molecule has 1 aliphatic carbocycles. The summed E-state index contributed by atoms with van der Waals surface area (Å²) in [5.74, 6) is 1.87. The third-order valence-corrected chi connectivity index (χ3v) is 4.36. The maximum Gasteiger partial charge on any atom is 0.390 e. The summed E-state index contributed by atoms with van der Waals surface area (Å²) in [6.07, 6.45) is -3.03. The van der Waals surface area contributed by atoms with E-state index in [1.807, 2.05) is 18.2 Å². The number of hydrogen-bond donors (Lipinski definition) is 2. The molecule has 1 aliphatic heterocycles. The lowest BCUT2D eigenvalue weighted by Crippen LogP contribution is -2.42. The quantitative estimate of drug-likeness (QED) is 0.637. The monoisotopic (exact) mass is 343 g/mol. The Kier molecular flexibility index (Phi) is 4.47. The Morgan fingerprint density at radius 1 is 1.21 bits per heavy atom. The molecule has 1 saturated carbocycles. The molecule has 0 spiro atoms. The molecule has 0 amide bonds. The van der Waals surface area contributed by atoms with E-state index in [0.717, 1.165) is 29.9 Å². The van der Waals surface area contributed by atoms with Crippen LogP contribution in [0.15, 0.2) is 23.2 Å². The highest BCUT2D eigenvalue weighted by atomic mass is 19.4. The van der Waals surface area contributed by atoms with Gasteiger partial charge >= 0.3 is 6.18 Å². The minimum Gasteiger partial charge on any atom is -0.454 e. The zero-order valence-electron chi connectivity index (χ0n) is 13.4. The van der Waals surface area contributed by atoms with Gasteiger partial charge in [-0.2, -0.15) is 13.2 Å². The Morgan fingerprint density at radius 3 is 2.62 bits per heavy atom. The molecule has 1 fully saturated rings. The molecule has 0 saturated heterocycles. The van der Waals surface area contributed by atoms with Crippen molar-refractivity contribution in [2.24, 2.45) is 4.99 Å². The van der Waals surface area contributed by atoms with E-state index in [1.165, 1.54) is 0 Å². The minimum absolute atomic E-state index is 0.0252. The number of rotatable bonds is 5. The molecule has 0 bridgehead atoms. The smallest absolute Gasteiger partial charge is 0.390 e. The Labute approximate surface area is 138 Å². The molecule has 2 N–H and O–H groups in total. The van der Waals surface area contributed by atoms with Gasteiger partial charge in [0.15, 0.2) is 17.5 Å². The van der Waals surface area contributed by atoms with E-state index in [0.29, 0.717) is 12.5 Å². The second-order valence-electron chi connectivity index (χ2n) is 6.07. The molecule has 3 rings (SSSR count). The van der Waals surface area contributed by atoms with Crippen molar-refractivity contribution in [3.8, 4) is 11.5 Å². The lowest BCUT2D eigenvalue weighted by Gasteiger charge is -2.19. The topological polar surface area (TPSA) is 54.9 Å². The van der Waals surface area contributed by atoms with Gasteiger partial charge in [-0.15, -0.1) is 0 Å². The van der Waals surface area contributed by atoms with Gasteiger partial charge in [0, 0.05) is 25.6 Å². The van der Waals surface area contributed by atoms with E-state index in [1.54, 1.807) is 7.05 Å². The van der Waals surface area contributed by atoms with Gasteiger partial charge in [0.05, 0.1) is 6.42 Å². The summed E-state index contributed by atoms with van der Waals surface area (Å²) in [7, 11) is 1.54. The van der Waals surface area contributed by atoms with Crippen molar-refractivity contribution in [2.45, 2.75) is 30.9 Å². The fourth-order valence-corrected chi connectivity index (χ4v) is 2.74. The number of fused-ring (bicyclic) bond motifs is 1. The van der Waals surface area contributed by atoms with Crippen LogP contribution in [0.2, 0.25) is 0 Å². The summed E-state index contributed by atoms with van der Waals surface area (Å²) in [5, 5.41) is 5.82. The number of halogens is 3.